The molecule has 10 aromatic rings. The SMILES string of the molecule is Cc1ccc(C2(C3=CC=C(c4c5ccccc5c(-c5ccc(C=Cc6ccc(-c7ccccc7)c7ccccc67)cc5)c5ccccc45)CC3)c3ccccc3-c3ccccc32)cc1. The Kier molecular flexibility index (Phi) is 9.20. The molecule has 0 amide bonds. The molecule has 64 heavy (non-hydrogen) atoms. The first-order chi connectivity index (χ1) is 31.7. The minimum atomic E-state index is -0.348. The molecule has 0 atom stereocenters. The van der Waals surface area contributed by atoms with E-state index < -0.39 is 0 Å². The normalized spacial score (nSPS) is 14.1. The Bertz CT molecular complexity index is 3420. The molecular weight excluding hydrogens is 769 g/mol. The quantitative estimate of drug-likeness (QED) is 0.111. The van der Waals surface area contributed by atoms with Gasteiger partial charge >= 0.3 is 0 Å². The van der Waals surface area contributed by atoms with E-state index in [4.69, 9.17) is 0 Å². The second-order valence-corrected chi connectivity index (χ2v) is 17.5. The predicted molar refractivity (Wildman–Crippen MR) is 273 cm³/mol. The molecule has 0 unspecified atom stereocenters. The molecule has 0 spiro atoms. The summed E-state index contributed by atoms with van der Waals surface area (Å²) in [7, 11) is 0. The van der Waals surface area contributed by atoms with Crippen LogP contribution in [0.3, 0.4) is 0 Å². The van der Waals surface area contributed by atoms with Crippen LogP contribution in [0.5, 0.6) is 0 Å². The maximum atomic E-state index is 2.47. The fourth-order valence-corrected chi connectivity index (χ4v) is 11.1. The molecule has 0 saturated carbocycles. The van der Waals surface area contributed by atoms with Crippen molar-refractivity contribution in [2.75, 3.05) is 0 Å². The molecule has 0 bridgehead atoms. The Morgan fingerprint density at radius 3 is 1.53 bits per heavy atom. The third-order valence-electron chi connectivity index (χ3n) is 14.0. The molecule has 2 aliphatic rings. The number of aryl methyl sites for hydroxylation is 1. The Balaban J connectivity index is 0.941. The molecule has 0 aromatic heterocycles. The van der Waals surface area contributed by atoms with Crippen LogP contribution in [-0.2, 0) is 5.41 Å². The lowest BCUT2D eigenvalue weighted by Gasteiger charge is -2.37. The molecule has 0 fully saturated rings. The maximum Gasteiger partial charge on any atom is 0.0676 e. The van der Waals surface area contributed by atoms with Crippen LogP contribution in [0.4, 0.5) is 0 Å². The van der Waals surface area contributed by atoms with Crippen molar-refractivity contribution in [3.63, 3.8) is 0 Å². The standard InChI is InChI=1S/C64H46/c1-43-27-38-49(39-28-43)64(60-25-13-11-19-54(60)55-20-12-14-26-61(55)64)50-40-35-48(36-41-50)63-58-23-9-7-21-56(58)62(57-22-8-10-24-59(57)63)47-33-30-44(31-34-47)29-32-46-37-42-52(45-15-3-2-4-16-45)53-18-6-5-17-51(46)53/h2-35,37-40,42H,36,41H2,1H3. The molecule has 0 heterocycles. The third-order valence-corrected chi connectivity index (χ3v) is 14.0. The lowest BCUT2D eigenvalue weighted by Crippen LogP contribution is -2.30. The largest absolute Gasteiger partial charge is 0.0676 e. The fourth-order valence-electron chi connectivity index (χ4n) is 11.1. The Morgan fingerprint density at radius 1 is 0.375 bits per heavy atom. The van der Waals surface area contributed by atoms with E-state index in [2.05, 4.69) is 244 Å². The lowest BCUT2D eigenvalue weighted by atomic mass is 9.64. The Morgan fingerprint density at radius 2 is 0.922 bits per heavy atom. The van der Waals surface area contributed by atoms with Gasteiger partial charge in [-0.2, -0.15) is 0 Å². The van der Waals surface area contributed by atoms with E-state index in [0.717, 1.165) is 12.8 Å². The first kappa shape index (κ1) is 37.9. The van der Waals surface area contributed by atoms with Crippen LogP contribution in [0.15, 0.2) is 230 Å². The molecule has 2 aliphatic carbocycles. The van der Waals surface area contributed by atoms with E-state index >= 15 is 0 Å². The number of hydrogen-bond donors (Lipinski definition) is 0. The van der Waals surface area contributed by atoms with Gasteiger partial charge in [0.2, 0.25) is 0 Å². The fraction of sp³-hybridized carbons (Fsp3) is 0.0625. The summed E-state index contributed by atoms with van der Waals surface area (Å²) in [5, 5.41) is 7.71. The molecule has 0 radical (unpaired) electrons. The van der Waals surface area contributed by atoms with E-state index in [0.29, 0.717) is 0 Å². The van der Waals surface area contributed by atoms with Gasteiger partial charge in [0, 0.05) is 0 Å². The molecule has 10 aromatic carbocycles. The number of hydrogen-bond acceptors (Lipinski definition) is 0. The van der Waals surface area contributed by atoms with E-state index in [1.54, 1.807) is 0 Å². The molecule has 0 saturated heterocycles. The van der Waals surface area contributed by atoms with Gasteiger partial charge in [0.25, 0.3) is 0 Å². The van der Waals surface area contributed by atoms with Gasteiger partial charge in [-0.15, -0.1) is 0 Å². The topological polar surface area (TPSA) is 0 Å². The van der Waals surface area contributed by atoms with Crippen molar-refractivity contribution in [2.24, 2.45) is 0 Å². The summed E-state index contributed by atoms with van der Waals surface area (Å²) < 4.78 is 0. The molecule has 0 nitrogen and oxygen atoms in total. The summed E-state index contributed by atoms with van der Waals surface area (Å²) in [4.78, 5) is 0. The van der Waals surface area contributed by atoms with Crippen LogP contribution in [-0.4, -0.2) is 0 Å². The first-order valence-electron chi connectivity index (χ1n) is 22.6. The van der Waals surface area contributed by atoms with E-state index in [1.165, 1.54) is 116 Å². The highest BCUT2D eigenvalue weighted by Gasteiger charge is 2.47. The Labute approximate surface area is 375 Å². The summed E-state index contributed by atoms with van der Waals surface area (Å²) in [6.07, 6.45) is 11.4. The zero-order chi connectivity index (χ0) is 42.6. The van der Waals surface area contributed by atoms with E-state index in [1.807, 2.05) is 0 Å². The molecular formula is C64H46. The number of fused-ring (bicyclic) bond motifs is 6. The second kappa shape index (κ2) is 15.5. The lowest BCUT2D eigenvalue weighted by molar-refractivity contribution is 0.696. The van der Waals surface area contributed by atoms with Crippen molar-refractivity contribution in [2.45, 2.75) is 25.2 Å². The summed E-state index contributed by atoms with van der Waals surface area (Å²) in [6.45, 7) is 2.18. The van der Waals surface area contributed by atoms with Gasteiger partial charge in [0.15, 0.2) is 0 Å². The smallest absolute Gasteiger partial charge is 0.0622 e. The second-order valence-electron chi connectivity index (χ2n) is 17.5. The monoisotopic (exact) mass is 814 g/mol. The molecule has 0 aliphatic heterocycles. The molecule has 12 rings (SSSR count). The van der Waals surface area contributed by atoms with Crippen molar-refractivity contribution in [3.05, 3.63) is 269 Å². The van der Waals surface area contributed by atoms with Crippen molar-refractivity contribution in [1.29, 1.82) is 0 Å². The molecule has 302 valence electrons. The highest BCUT2D eigenvalue weighted by Crippen LogP contribution is 2.58. The highest BCUT2D eigenvalue weighted by atomic mass is 14.5. The number of rotatable bonds is 7. The van der Waals surface area contributed by atoms with Crippen molar-refractivity contribution in [3.8, 4) is 33.4 Å². The average molecular weight is 815 g/mol. The summed E-state index contributed by atoms with van der Waals surface area (Å²) in [6, 6.07) is 78.7. The highest BCUT2D eigenvalue weighted by molar-refractivity contribution is 6.19. The zero-order valence-corrected chi connectivity index (χ0v) is 35.9. The van der Waals surface area contributed by atoms with Gasteiger partial charge in [-0.05, 0) is 124 Å². The van der Waals surface area contributed by atoms with Crippen LogP contribution >= 0.6 is 0 Å². The van der Waals surface area contributed by atoms with Crippen LogP contribution in [0.2, 0.25) is 0 Å². The average Bonchev–Trinajstić information content (AvgIpc) is 3.66. The zero-order valence-electron chi connectivity index (χ0n) is 35.9. The minimum Gasteiger partial charge on any atom is -0.0622 e. The van der Waals surface area contributed by atoms with E-state index in [-0.39, 0.29) is 5.41 Å². The predicted octanol–water partition coefficient (Wildman–Crippen LogP) is 17.1. The first-order valence-corrected chi connectivity index (χ1v) is 22.6. The van der Waals surface area contributed by atoms with E-state index in [9.17, 15) is 0 Å². The summed E-state index contributed by atoms with van der Waals surface area (Å²) in [5.74, 6) is 0. The number of allylic oxidation sites excluding steroid dienone is 4. The molecule has 0 heteroatoms. The van der Waals surface area contributed by atoms with Gasteiger partial charge in [-0.3, -0.25) is 0 Å². The van der Waals surface area contributed by atoms with Crippen LogP contribution in [0.25, 0.3) is 83.4 Å². The van der Waals surface area contributed by atoms with Crippen molar-refractivity contribution < 1.29 is 0 Å². The van der Waals surface area contributed by atoms with Gasteiger partial charge < -0.3 is 0 Å². The third kappa shape index (κ3) is 6.05. The van der Waals surface area contributed by atoms with Crippen molar-refractivity contribution in [1.82, 2.24) is 0 Å². The maximum absolute atomic E-state index is 2.47. The summed E-state index contributed by atoms with van der Waals surface area (Å²) in [5.41, 5.74) is 19.3. The van der Waals surface area contributed by atoms with Crippen molar-refractivity contribution >= 4 is 50.0 Å². The van der Waals surface area contributed by atoms with Gasteiger partial charge in [0.1, 0.15) is 0 Å². The number of benzene rings is 10. The van der Waals surface area contributed by atoms with Crippen LogP contribution in [0, 0.1) is 6.92 Å². The van der Waals surface area contributed by atoms with Gasteiger partial charge in [-0.25, -0.2) is 0 Å². The molecule has 0 N–H and O–H groups in total. The minimum absolute atomic E-state index is 0.348. The van der Waals surface area contributed by atoms with Crippen LogP contribution in [0.1, 0.15) is 51.8 Å². The van der Waals surface area contributed by atoms with Gasteiger partial charge in [-0.1, -0.05) is 248 Å². The van der Waals surface area contributed by atoms with Gasteiger partial charge in [0.05, 0.1) is 5.41 Å². The van der Waals surface area contributed by atoms with Crippen LogP contribution < -0.4 is 0 Å². The Hall–Kier alpha value is -7.80. The summed E-state index contributed by atoms with van der Waals surface area (Å²) >= 11 is 0.